The fourth-order valence-corrected chi connectivity index (χ4v) is 4.86. The van der Waals surface area contributed by atoms with Crippen molar-refractivity contribution < 1.29 is 23.9 Å². The number of methoxy groups -OCH3 is 1. The van der Waals surface area contributed by atoms with Crippen LogP contribution in [-0.2, 0) is 25.5 Å². The first-order valence-corrected chi connectivity index (χ1v) is 13.6. The molecule has 0 atom stereocenters. The van der Waals surface area contributed by atoms with Gasteiger partial charge in [-0.2, -0.15) is 0 Å². The quantitative estimate of drug-likeness (QED) is 0.229. The highest BCUT2D eigenvalue weighted by Crippen LogP contribution is 2.33. The normalized spacial score (nSPS) is 13.3. The molecular weight excluding hydrogens is 542 g/mol. The van der Waals surface area contributed by atoms with Crippen LogP contribution in [0.3, 0.4) is 0 Å². The highest BCUT2D eigenvalue weighted by Gasteiger charge is 2.39. The molecule has 4 rings (SSSR count). The van der Waals surface area contributed by atoms with Gasteiger partial charge in [-0.25, -0.2) is 9.69 Å². The van der Waals surface area contributed by atoms with Crippen LogP contribution in [0.1, 0.15) is 66.6 Å². The van der Waals surface area contributed by atoms with Gasteiger partial charge in [0.1, 0.15) is 10.7 Å². The largest absolute Gasteiger partial charge is 0.465 e. The number of halogens is 1. The Hall–Kier alpha value is -4.43. The Kier molecular flexibility index (Phi) is 8.93. The first-order valence-electron chi connectivity index (χ1n) is 13.3. The lowest BCUT2D eigenvalue weighted by atomic mass is 9.92. The summed E-state index contributed by atoms with van der Waals surface area (Å²) in [4.78, 5) is 51.8. The summed E-state index contributed by atoms with van der Waals surface area (Å²) in [6.07, 6.45) is 0.162. The van der Waals surface area contributed by atoms with Crippen molar-refractivity contribution in [2.24, 2.45) is 0 Å². The highest BCUT2D eigenvalue weighted by molar-refractivity contribution is 6.53. The van der Waals surface area contributed by atoms with Crippen molar-refractivity contribution in [1.29, 1.82) is 0 Å². The van der Waals surface area contributed by atoms with Crippen molar-refractivity contribution in [3.63, 3.8) is 0 Å². The van der Waals surface area contributed by atoms with Crippen molar-refractivity contribution in [2.45, 2.75) is 46.0 Å². The lowest BCUT2D eigenvalue weighted by Gasteiger charge is -2.20. The van der Waals surface area contributed by atoms with Crippen LogP contribution in [0.25, 0.3) is 0 Å². The highest BCUT2D eigenvalue weighted by atomic mass is 35.5. The number of hydrogen-bond acceptors (Lipinski definition) is 6. The molecular formula is C32H32ClN3O5. The van der Waals surface area contributed by atoms with Gasteiger partial charge in [-0.1, -0.05) is 75.7 Å². The molecule has 1 aliphatic rings. The Morgan fingerprint density at radius 1 is 0.878 bits per heavy atom. The molecule has 0 radical (unpaired) electrons. The molecule has 0 saturated carbocycles. The van der Waals surface area contributed by atoms with Crippen LogP contribution in [0, 0.1) is 0 Å². The van der Waals surface area contributed by atoms with Gasteiger partial charge in [0.2, 0.25) is 5.91 Å². The van der Waals surface area contributed by atoms with Gasteiger partial charge in [0, 0.05) is 11.4 Å². The number of nitrogens with one attached hydrogen (secondary N) is 2. The Morgan fingerprint density at radius 2 is 1.49 bits per heavy atom. The predicted molar refractivity (Wildman–Crippen MR) is 160 cm³/mol. The Morgan fingerprint density at radius 3 is 2.07 bits per heavy atom. The molecule has 0 aliphatic carbocycles. The van der Waals surface area contributed by atoms with Crippen molar-refractivity contribution in [3.05, 3.63) is 99.7 Å². The molecule has 3 aromatic rings. The van der Waals surface area contributed by atoms with Gasteiger partial charge >= 0.3 is 5.97 Å². The number of benzene rings is 3. The van der Waals surface area contributed by atoms with Crippen LogP contribution < -0.4 is 15.5 Å². The van der Waals surface area contributed by atoms with Gasteiger partial charge in [-0.3, -0.25) is 14.4 Å². The van der Waals surface area contributed by atoms with Crippen molar-refractivity contribution in [2.75, 3.05) is 22.6 Å². The number of hydrogen-bond donors (Lipinski definition) is 2. The second-order valence-electron chi connectivity index (χ2n) is 10.3. The molecule has 1 aliphatic heterocycles. The van der Waals surface area contributed by atoms with E-state index in [1.807, 2.05) is 18.2 Å². The van der Waals surface area contributed by atoms with E-state index in [0.717, 1.165) is 27.3 Å². The minimum atomic E-state index is -0.711. The molecule has 8 nitrogen and oxygen atoms in total. The molecule has 9 heteroatoms. The minimum absolute atomic E-state index is 0.0860. The van der Waals surface area contributed by atoms with Crippen molar-refractivity contribution >= 4 is 52.4 Å². The maximum atomic E-state index is 13.1. The third-order valence-electron chi connectivity index (χ3n) is 6.78. The number of para-hydroxylation sites is 1. The topological polar surface area (TPSA) is 105 Å². The summed E-state index contributed by atoms with van der Waals surface area (Å²) in [7, 11) is 1.24. The summed E-state index contributed by atoms with van der Waals surface area (Å²) < 4.78 is 4.72. The zero-order valence-corrected chi connectivity index (χ0v) is 24.3. The third-order valence-corrected chi connectivity index (χ3v) is 7.13. The SMILES string of the molecule is COC(=O)c1cccc(N2C(=O)C(Cl)=C(Nc3ccc(CC(=O)Nc4c(C(C)C)cccc4C(C)C)cc3)C2=O)c1. The number of anilines is 3. The lowest BCUT2D eigenvalue weighted by Crippen LogP contribution is -2.32. The maximum Gasteiger partial charge on any atom is 0.337 e. The van der Waals surface area contributed by atoms with E-state index in [0.29, 0.717) is 5.69 Å². The van der Waals surface area contributed by atoms with Gasteiger partial charge in [0.15, 0.2) is 0 Å². The second-order valence-corrected chi connectivity index (χ2v) is 10.7. The smallest absolute Gasteiger partial charge is 0.337 e. The van der Waals surface area contributed by atoms with Crippen LogP contribution >= 0.6 is 11.6 Å². The van der Waals surface area contributed by atoms with Crippen LogP contribution in [0.2, 0.25) is 0 Å². The van der Waals surface area contributed by atoms with E-state index >= 15 is 0 Å². The second kappa shape index (κ2) is 12.4. The van der Waals surface area contributed by atoms with Crippen molar-refractivity contribution in [1.82, 2.24) is 0 Å². The van der Waals surface area contributed by atoms with E-state index in [4.69, 9.17) is 16.3 Å². The van der Waals surface area contributed by atoms with Crippen LogP contribution in [0.5, 0.6) is 0 Å². The first kappa shape index (κ1) is 29.6. The molecule has 3 aromatic carbocycles. The molecule has 0 fully saturated rings. The summed E-state index contributed by atoms with van der Waals surface area (Å²) in [6.45, 7) is 8.40. The molecule has 0 spiro atoms. The van der Waals surface area contributed by atoms with Gasteiger partial charge in [-0.05, 0) is 58.9 Å². The average Bonchev–Trinajstić information content (AvgIpc) is 3.16. The fraction of sp³-hybridized carbons (Fsp3) is 0.250. The van der Waals surface area contributed by atoms with E-state index in [2.05, 4.69) is 38.3 Å². The Balaban J connectivity index is 1.46. The van der Waals surface area contributed by atoms with Gasteiger partial charge < -0.3 is 15.4 Å². The molecule has 2 N–H and O–H groups in total. The molecule has 0 bridgehead atoms. The van der Waals surface area contributed by atoms with E-state index in [1.54, 1.807) is 30.3 Å². The summed E-state index contributed by atoms with van der Waals surface area (Å²) in [5, 5.41) is 5.77. The maximum absolute atomic E-state index is 13.1. The van der Waals surface area contributed by atoms with Crippen LogP contribution in [-0.4, -0.2) is 30.8 Å². The number of esters is 1. The summed E-state index contributed by atoms with van der Waals surface area (Å²) in [5.41, 5.74) is 4.64. The lowest BCUT2D eigenvalue weighted by molar-refractivity contribution is -0.120. The molecule has 0 aromatic heterocycles. The summed E-state index contributed by atoms with van der Waals surface area (Å²) >= 11 is 6.26. The molecule has 212 valence electrons. The van der Waals surface area contributed by atoms with E-state index in [-0.39, 0.29) is 46.1 Å². The standard InChI is InChI=1S/C32H32ClN3O5/c1-18(2)24-10-7-11-25(19(3)4)28(24)35-26(37)16-20-12-14-22(15-13-20)34-29-27(33)30(38)36(31(29)39)23-9-6-8-21(17-23)32(40)41-5/h6-15,17-19,34H,16H2,1-5H3,(H,35,37). The molecule has 1 heterocycles. The minimum Gasteiger partial charge on any atom is -0.465 e. The number of amides is 3. The Labute approximate surface area is 244 Å². The van der Waals surface area contributed by atoms with Crippen LogP contribution in [0.4, 0.5) is 17.1 Å². The number of carbonyl (C=O) groups excluding carboxylic acids is 4. The Bertz CT molecular complexity index is 1520. The van der Waals surface area contributed by atoms with Gasteiger partial charge in [0.25, 0.3) is 11.8 Å². The van der Waals surface area contributed by atoms with E-state index in [9.17, 15) is 19.2 Å². The first-order chi connectivity index (χ1) is 19.5. The zero-order chi connectivity index (χ0) is 29.8. The fourth-order valence-electron chi connectivity index (χ4n) is 4.65. The monoisotopic (exact) mass is 573 g/mol. The molecule has 0 saturated heterocycles. The number of nitrogens with zero attached hydrogens (tertiary/aromatic N) is 1. The molecule has 3 amide bonds. The summed E-state index contributed by atoms with van der Waals surface area (Å²) in [6, 6.07) is 19.0. The summed E-state index contributed by atoms with van der Waals surface area (Å²) in [5.74, 6) is -1.58. The van der Waals surface area contributed by atoms with E-state index < -0.39 is 17.8 Å². The number of rotatable bonds is 9. The van der Waals surface area contributed by atoms with E-state index in [1.165, 1.54) is 25.3 Å². The average molecular weight is 574 g/mol. The predicted octanol–water partition coefficient (Wildman–Crippen LogP) is 6.34. The zero-order valence-electron chi connectivity index (χ0n) is 23.6. The van der Waals surface area contributed by atoms with Gasteiger partial charge in [0.05, 0.1) is 24.8 Å². The van der Waals surface area contributed by atoms with Crippen LogP contribution in [0.15, 0.2) is 77.5 Å². The number of carbonyl (C=O) groups is 4. The third kappa shape index (κ3) is 6.33. The molecule has 0 unspecified atom stereocenters. The number of imide groups is 1. The molecule has 41 heavy (non-hydrogen) atoms. The van der Waals surface area contributed by atoms with Gasteiger partial charge in [-0.15, -0.1) is 0 Å². The van der Waals surface area contributed by atoms with Crippen molar-refractivity contribution in [3.8, 4) is 0 Å². The number of ether oxygens (including phenoxy) is 1.